The largest absolute Gasteiger partial charge is 0.494 e. The molecule has 0 unspecified atom stereocenters. The first-order chi connectivity index (χ1) is 16.5. The lowest BCUT2D eigenvalue weighted by atomic mass is 9.90. The molecule has 3 aromatic rings. The molecule has 3 aromatic carbocycles. The Balaban J connectivity index is 1.51. The molecule has 174 valence electrons. The van der Waals surface area contributed by atoms with Gasteiger partial charge in [0.15, 0.2) is 6.10 Å². The molecule has 6 nitrogen and oxygen atoms in total. The molecule has 2 aliphatic heterocycles. The quantitative estimate of drug-likeness (QED) is 0.402. The summed E-state index contributed by atoms with van der Waals surface area (Å²) in [4.78, 5) is 34.3. The van der Waals surface area contributed by atoms with Crippen LogP contribution < -0.4 is 14.7 Å². The summed E-state index contributed by atoms with van der Waals surface area (Å²) in [5.74, 6) is -1.32. The Morgan fingerprint density at radius 3 is 2.38 bits per heavy atom. The smallest absolute Gasteiger partial charge is 0.266 e. The lowest BCUT2D eigenvalue weighted by Gasteiger charge is -2.29. The molecule has 34 heavy (non-hydrogen) atoms. The van der Waals surface area contributed by atoms with Crippen molar-refractivity contribution in [2.45, 2.75) is 25.5 Å². The number of halogens is 2. The number of benzene rings is 3. The average Bonchev–Trinajstić information content (AvgIpc) is 3.36. The molecule has 0 radical (unpaired) electrons. The first-order valence-corrected chi connectivity index (χ1v) is 11.9. The summed E-state index contributed by atoms with van der Waals surface area (Å²) < 4.78 is 19.9. The Labute approximate surface area is 205 Å². The molecule has 3 atom stereocenters. The monoisotopic (exact) mass is 524 g/mol. The van der Waals surface area contributed by atoms with Crippen molar-refractivity contribution in [1.29, 1.82) is 0 Å². The van der Waals surface area contributed by atoms with E-state index < -0.39 is 29.8 Å². The number of imide groups is 1. The molecule has 2 amide bonds. The molecule has 5 rings (SSSR count). The third-order valence-corrected chi connectivity index (χ3v) is 6.59. The van der Waals surface area contributed by atoms with Gasteiger partial charge in [0, 0.05) is 0 Å². The number of fused-ring (bicyclic) bond motifs is 1. The van der Waals surface area contributed by atoms with Crippen molar-refractivity contribution >= 4 is 39.1 Å². The minimum absolute atomic E-state index is 0.276. The molecule has 2 saturated heterocycles. The van der Waals surface area contributed by atoms with Crippen LogP contribution in [0.4, 0.5) is 15.8 Å². The number of rotatable bonds is 6. The van der Waals surface area contributed by atoms with Crippen molar-refractivity contribution in [2.75, 3.05) is 16.6 Å². The Bertz CT molecular complexity index is 1220. The third kappa shape index (κ3) is 3.86. The second-order valence-corrected chi connectivity index (χ2v) is 9.04. The topological polar surface area (TPSA) is 59.1 Å². The number of carbonyl (C=O) groups is 2. The van der Waals surface area contributed by atoms with Crippen LogP contribution in [0.3, 0.4) is 0 Å². The number of anilines is 2. The molecule has 0 bridgehead atoms. The summed E-state index contributed by atoms with van der Waals surface area (Å²) >= 11 is 3.23. The first-order valence-electron chi connectivity index (χ1n) is 11.1. The molecule has 0 spiro atoms. The summed E-state index contributed by atoms with van der Waals surface area (Å²) in [7, 11) is 0. The summed E-state index contributed by atoms with van der Waals surface area (Å²) in [6, 6.07) is 20.1. The van der Waals surface area contributed by atoms with Gasteiger partial charge in [0.1, 0.15) is 17.5 Å². The van der Waals surface area contributed by atoms with E-state index in [1.807, 2.05) is 37.3 Å². The lowest BCUT2D eigenvalue weighted by Crippen LogP contribution is -2.37. The van der Waals surface area contributed by atoms with Gasteiger partial charge in [-0.1, -0.05) is 31.2 Å². The summed E-state index contributed by atoms with van der Waals surface area (Å²) in [6.07, 6.45) is -0.109. The zero-order chi connectivity index (χ0) is 23.8. The van der Waals surface area contributed by atoms with Crippen molar-refractivity contribution < 1.29 is 23.6 Å². The van der Waals surface area contributed by atoms with E-state index >= 15 is 0 Å². The third-order valence-electron chi connectivity index (χ3n) is 5.98. The summed E-state index contributed by atoms with van der Waals surface area (Å²) in [5.41, 5.74) is 1.82. The second-order valence-electron chi connectivity index (χ2n) is 8.19. The van der Waals surface area contributed by atoms with Crippen molar-refractivity contribution in [3.8, 4) is 5.75 Å². The molecular formula is C26H22BrFN2O4. The van der Waals surface area contributed by atoms with Crippen LogP contribution in [0.25, 0.3) is 0 Å². The van der Waals surface area contributed by atoms with E-state index in [1.54, 1.807) is 41.5 Å². The molecule has 2 heterocycles. The average molecular weight is 525 g/mol. The standard InChI is InChI=1S/C26H22BrFN2O4/c1-2-14-33-19-11-9-17(10-12-19)29-25(31)22-23(16-8-13-21(28)20(27)15-16)30(34-24(22)26(29)32)18-6-4-3-5-7-18/h3-13,15,22-24H,2,14H2,1H3/t22-,23-,24+/m0/s1. The maximum absolute atomic E-state index is 14.0. The van der Waals surface area contributed by atoms with Gasteiger partial charge in [-0.15, -0.1) is 0 Å². The van der Waals surface area contributed by atoms with E-state index in [-0.39, 0.29) is 10.4 Å². The highest BCUT2D eigenvalue weighted by atomic mass is 79.9. The predicted octanol–water partition coefficient (Wildman–Crippen LogP) is 5.43. The SMILES string of the molecule is CCCOc1ccc(N2C(=O)[C@@H]3[C@@H](ON(c4ccccc4)[C@H]3c3ccc(F)c(Br)c3)C2=O)cc1. The van der Waals surface area contributed by atoms with E-state index in [9.17, 15) is 14.0 Å². The van der Waals surface area contributed by atoms with Gasteiger partial charge in [-0.05, 0) is 76.4 Å². The van der Waals surface area contributed by atoms with E-state index in [4.69, 9.17) is 9.57 Å². The van der Waals surface area contributed by atoms with E-state index in [0.717, 1.165) is 6.42 Å². The maximum atomic E-state index is 14.0. The van der Waals surface area contributed by atoms with Gasteiger partial charge in [-0.25, -0.2) is 14.4 Å². The number of carbonyl (C=O) groups excluding carboxylic acids is 2. The normalized spacial score (nSPS) is 21.8. The number of nitrogens with zero attached hydrogens (tertiary/aromatic N) is 2. The Kier molecular flexibility index (Phi) is 6.10. The molecule has 0 aromatic heterocycles. The first kappa shape index (κ1) is 22.6. The van der Waals surface area contributed by atoms with Crippen LogP contribution in [-0.4, -0.2) is 24.5 Å². The highest BCUT2D eigenvalue weighted by Gasteiger charge is 2.60. The number of hydrogen-bond acceptors (Lipinski definition) is 5. The van der Waals surface area contributed by atoms with Gasteiger partial charge >= 0.3 is 0 Å². The fourth-order valence-corrected chi connectivity index (χ4v) is 4.81. The maximum Gasteiger partial charge on any atom is 0.266 e. The Morgan fingerprint density at radius 2 is 1.71 bits per heavy atom. The zero-order valence-electron chi connectivity index (χ0n) is 18.4. The lowest BCUT2D eigenvalue weighted by molar-refractivity contribution is -0.126. The van der Waals surface area contributed by atoms with E-state index in [2.05, 4.69) is 15.9 Å². The summed E-state index contributed by atoms with van der Waals surface area (Å²) in [5, 5.41) is 1.59. The molecule has 0 saturated carbocycles. The minimum atomic E-state index is -0.988. The highest BCUT2D eigenvalue weighted by Crippen LogP contribution is 2.48. The van der Waals surface area contributed by atoms with Crippen LogP contribution >= 0.6 is 15.9 Å². The number of para-hydroxylation sites is 1. The number of hydroxylamine groups is 1. The van der Waals surface area contributed by atoms with Crippen LogP contribution in [0.1, 0.15) is 24.9 Å². The molecule has 0 aliphatic carbocycles. The number of ether oxygens (including phenoxy) is 1. The molecule has 0 N–H and O–H groups in total. The van der Waals surface area contributed by atoms with Gasteiger partial charge in [-0.3, -0.25) is 14.4 Å². The van der Waals surface area contributed by atoms with Gasteiger partial charge in [0.2, 0.25) is 5.91 Å². The van der Waals surface area contributed by atoms with Gasteiger partial charge in [-0.2, -0.15) is 0 Å². The van der Waals surface area contributed by atoms with Crippen LogP contribution in [0.2, 0.25) is 0 Å². The van der Waals surface area contributed by atoms with Gasteiger partial charge in [0.25, 0.3) is 5.91 Å². The molecular weight excluding hydrogens is 503 g/mol. The number of amides is 2. The minimum Gasteiger partial charge on any atom is -0.494 e. The summed E-state index contributed by atoms with van der Waals surface area (Å²) in [6.45, 7) is 2.60. The van der Waals surface area contributed by atoms with Crippen LogP contribution in [0.15, 0.2) is 77.3 Å². The van der Waals surface area contributed by atoms with E-state index in [0.29, 0.717) is 29.3 Å². The van der Waals surface area contributed by atoms with Crippen molar-refractivity contribution in [3.05, 3.63) is 88.6 Å². The zero-order valence-corrected chi connectivity index (χ0v) is 19.9. The fourth-order valence-electron chi connectivity index (χ4n) is 4.41. The predicted molar refractivity (Wildman–Crippen MR) is 129 cm³/mol. The van der Waals surface area contributed by atoms with E-state index in [1.165, 1.54) is 11.0 Å². The van der Waals surface area contributed by atoms with Crippen molar-refractivity contribution in [2.24, 2.45) is 5.92 Å². The molecule has 2 aliphatic rings. The van der Waals surface area contributed by atoms with Gasteiger partial charge in [0.05, 0.1) is 28.5 Å². The molecule has 8 heteroatoms. The van der Waals surface area contributed by atoms with Crippen molar-refractivity contribution in [1.82, 2.24) is 0 Å². The van der Waals surface area contributed by atoms with Crippen LogP contribution in [0.5, 0.6) is 5.75 Å². The fraction of sp³-hybridized carbons (Fsp3) is 0.231. The van der Waals surface area contributed by atoms with Crippen LogP contribution in [-0.2, 0) is 14.4 Å². The second kappa shape index (κ2) is 9.19. The highest BCUT2D eigenvalue weighted by molar-refractivity contribution is 9.10. The molecule has 2 fully saturated rings. The van der Waals surface area contributed by atoms with Crippen molar-refractivity contribution in [3.63, 3.8) is 0 Å². The number of hydrogen-bond donors (Lipinski definition) is 0. The van der Waals surface area contributed by atoms with Gasteiger partial charge < -0.3 is 4.74 Å². The van der Waals surface area contributed by atoms with Crippen LogP contribution in [0, 0.1) is 11.7 Å². The Morgan fingerprint density at radius 1 is 0.971 bits per heavy atom. The Hall–Kier alpha value is -3.23.